The molecule has 7 nitrogen and oxygen atoms in total. The summed E-state index contributed by atoms with van der Waals surface area (Å²) in [5.41, 5.74) is 2.99. The summed E-state index contributed by atoms with van der Waals surface area (Å²) in [7, 11) is 0. The molecule has 0 spiro atoms. The third kappa shape index (κ3) is 5.51. The molecule has 2 aromatic rings. The average Bonchev–Trinajstić information content (AvgIpc) is 3.31. The van der Waals surface area contributed by atoms with E-state index in [1.54, 1.807) is 26.1 Å². The van der Waals surface area contributed by atoms with Crippen molar-refractivity contribution in [2.45, 2.75) is 39.3 Å². The van der Waals surface area contributed by atoms with Crippen LogP contribution in [0.15, 0.2) is 71.4 Å². The molecule has 3 aliphatic rings. The third-order valence-electron chi connectivity index (χ3n) is 6.43. The Morgan fingerprint density at radius 3 is 2.38 bits per heavy atom. The molecule has 0 saturated carbocycles. The molecule has 3 unspecified atom stereocenters. The molecule has 2 N–H and O–H groups in total. The monoisotopic (exact) mass is 523 g/mol. The second-order valence-electron chi connectivity index (χ2n) is 8.84. The van der Waals surface area contributed by atoms with Crippen LogP contribution in [0.3, 0.4) is 0 Å². The minimum absolute atomic E-state index is 0.0741. The van der Waals surface area contributed by atoms with Gasteiger partial charge in [0.15, 0.2) is 5.13 Å². The van der Waals surface area contributed by atoms with Crippen LogP contribution < -0.4 is 10.6 Å². The van der Waals surface area contributed by atoms with Crippen LogP contribution in [-0.4, -0.2) is 36.2 Å². The summed E-state index contributed by atoms with van der Waals surface area (Å²) in [6.45, 7) is 7.77. The predicted molar refractivity (Wildman–Crippen MR) is 141 cm³/mol. The minimum Gasteiger partial charge on any atom is -0.466 e. The molecule has 3 atom stereocenters. The fourth-order valence-electron chi connectivity index (χ4n) is 4.70. The zero-order chi connectivity index (χ0) is 26.6. The molecule has 0 amide bonds. The highest BCUT2D eigenvalue weighted by molar-refractivity contribution is 7.13. The zero-order valence-electron chi connectivity index (χ0n) is 21.2. The van der Waals surface area contributed by atoms with Gasteiger partial charge in [-0.3, -0.25) is 4.79 Å². The number of esters is 2. The summed E-state index contributed by atoms with van der Waals surface area (Å²) in [5, 5.41) is 9.17. The van der Waals surface area contributed by atoms with E-state index in [4.69, 9.17) is 9.47 Å². The van der Waals surface area contributed by atoms with Gasteiger partial charge in [0.1, 0.15) is 11.7 Å². The molecule has 2 heterocycles. The van der Waals surface area contributed by atoms with Gasteiger partial charge in [0, 0.05) is 22.8 Å². The van der Waals surface area contributed by atoms with Crippen molar-refractivity contribution in [2.24, 2.45) is 5.92 Å². The van der Waals surface area contributed by atoms with E-state index in [1.165, 1.54) is 17.4 Å². The minimum atomic E-state index is -0.817. The first kappa shape index (κ1) is 26.3. The number of carbonyl (C=O) groups excluding carboxylic acids is 2. The number of halogens is 1. The molecule has 0 bridgehead atoms. The second-order valence-corrected chi connectivity index (χ2v) is 9.73. The van der Waals surface area contributed by atoms with Crippen molar-refractivity contribution in [2.75, 3.05) is 18.5 Å². The number of anilines is 1. The van der Waals surface area contributed by atoms with Crippen LogP contribution in [-0.2, 0) is 24.6 Å². The fourth-order valence-corrected chi connectivity index (χ4v) is 5.26. The normalized spacial score (nSPS) is 21.2. The maximum Gasteiger partial charge on any atom is 0.337 e. The van der Waals surface area contributed by atoms with Crippen molar-refractivity contribution in [1.29, 1.82) is 0 Å². The van der Waals surface area contributed by atoms with E-state index in [2.05, 4.69) is 15.6 Å². The largest absolute Gasteiger partial charge is 0.466 e. The van der Waals surface area contributed by atoms with E-state index >= 15 is 0 Å². The summed E-state index contributed by atoms with van der Waals surface area (Å²) < 4.78 is 22.9. The molecule has 1 aromatic carbocycles. The molecule has 194 valence electrons. The smallest absolute Gasteiger partial charge is 0.337 e. The van der Waals surface area contributed by atoms with E-state index in [-0.39, 0.29) is 19.0 Å². The number of carbonyl (C=O) groups is 2. The summed E-state index contributed by atoms with van der Waals surface area (Å²) in [4.78, 5) is 30.5. The summed E-state index contributed by atoms with van der Waals surface area (Å²) in [5.74, 6) is -1.69. The van der Waals surface area contributed by atoms with E-state index in [1.807, 2.05) is 55.6 Å². The Morgan fingerprint density at radius 2 is 1.86 bits per heavy atom. The van der Waals surface area contributed by atoms with Crippen LogP contribution in [0.5, 0.6) is 0 Å². The van der Waals surface area contributed by atoms with Crippen LogP contribution >= 0.6 is 11.3 Å². The van der Waals surface area contributed by atoms with Gasteiger partial charge in [-0.05, 0) is 51.0 Å². The number of nitrogens with zero attached hydrogens (tertiary/aromatic N) is 1. The quantitative estimate of drug-likeness (QED) is 0.319. The lowest BCUT2D eigenvalue weighted by atomic mass is 9.70. The lowest BCUT2D eigenvalue weighted by Gasteiger charge is -2.47. The Bertz CT molecular complexity index is 1300. The van der Waals surface area contributed by atoms with Crippen LogP contribution in [0.2, 0.25) is 0 Å². The standard InChI is InChI=1S/C22H27N3O4S.C6H3F/c1-5-28-19(26)16-14(3)25-22(4,15-10-8-7-9-11-15)17(20(27)29-6-2)18(16)24-21-23-12-13-30-21;7-6-2-1-4-3-5(4)6/h7-13,17-18,25H,5-6H2,1-4H3,(H,23,24);1-3H. The van der Waals surface area contributed by atoms with Gasteiger partial charge in [-0.1, -0.05) is 36.4 Å². The molecular weight excluding hydrogens is 493 g/mol. The van der Waals surface area contributed by atoms with Gasteiger partial charge in [0.05, 0.1) is 30.4 Å². The van der Waals surface area contributed by atoms with E-state index < -0.39 is 29.4 Å². The number of fused-ring (bicyclic) bond motifs is 1. The van der Waals surface area contributed by atoms with E-state index in [0.717, 1.165) is 16.7 Å². The molecule has 9 heteroatoms. The number of benzene rings is 2. The molecule has 0 radical (unpaired) electrons. The van der Waals surface area contributed by atoms with Crippen molar-refractivity contribution < 1.29 is 23.5 Å². The van der Waals surface area contributed by atoms with Gasteiger partial charge in [0.25, 0.3) is 0 Å². The van der Waals surface area contributed by atoms with Crippen molar-refractivity contribution in [3.05, 3.63) is 82.8 Å². The first-order chi connectivity index (χ1) is 17.8. The van der Waals surface area contributed by atoms with Gasteiger partial charge in [-0.2, -0.15) is 0 Å². The van der Waals surface area contributed by atoms with Gasteiger partial charge in [0.2, 0.25) is 0 Å². The van der Waals surface area contributed by atoms with Crippen molar-refractivity contribution in [3.63, 3.8) is 0 Å². The molecule has 37 heavy (non-hydrogen) atoms. The Hall–Kier alpha value is -3.72. The Labute approximate surface area is 219 Å². The number of nitrogens with one attached hydrogen (secondary N) is 2. The maximum atomic E-state index is 13.3. The number of allylic oxidation sites excluding steroid dienone is 1. The Balaban J connectivity index is 0.000000387. The van der Waals surface area contributed by atoms with Crippen LogP contribution in [0.1, 0.15) is 33.3 Å². The van der Waals surface area contributed by atoms with Crippen molar-refractivity contribution in [3.8, 4) is 11.1 Å². The van der Waals surface area contributed by atoms with Crippen molar-refractivity contribution >= 4 is 28.4 Å². The highest BCUT2D eigenvalue weighted by atomic mass is 32.1. The summed E-state index contributed by atoms with van der Waals surface area (Å²) in [6.07, 6.45) is 1.67. The number of thiazole rings is 1. The first-order valence-corrected chi connectivity index (χ1v) is 13.0. The van der Waals surface area contributed by atoms with E-state index in [9.17, 15) is 14.0 Å². The SMILES string of the molecule is CCOC(=O)C1=C(C)NC(C)(c2ccccc2)C(C(=O)OCC)C1Nc1nccs1.Fc1ccc2cc1-2. The second kappa shape index (κ2) is 11.1. The Kier molecular flexibility index (Phi) is 7.92. The molecule has 5 rings (SSSR count). The van der Waals surface area contributed by atoms with Crippen LogP contribution in [0, 0.1) is 11.7 Å². The van der Waals surface area contributed by atoms with Crippen LogP contribution in [0.4, 0.5) is 9.52 Å². The fraction of sp³-hybridized carbons (Fsp3) is 0.321. The summed E-state index contributed by atoms with van der Waals surface area (Å²) >= 11 is 1.40. The highest BCUT2D eigenvalue weighted by Crippen LogP contribution is 2.42. The van der Waals surface area contributed by atoms with Gasteiger partial charge in [-0.25, -0.2) is 14.2 Å². The number of aromatic nitrogens is 1. The maximum absolute atomic E-state index is 13.3. The number of ether oxygens (including phenoxy) is 2. The average molecular weight is 524 g/mol. The third-order valence-corrected chi connectivity index (χ3v) is 7.14. The molecule has 0 fully saturated rings. The highest BCUT2D eigenvalue weighted by Gasteiger charge is 2.53. The Morgan fingerprint density at radius 1 is 1.14 bits per heavy atom. The predicted octanol–water partition coefficient (Wildman–Crippen LogP) is 5.26. The zero-order valence-corrected chi connectivity index (χ0v) is 22.0. The molecule has 1 aromatic heterocycles. The van der Waals surface area contributed by atoms with Gasteiger partial charge >= 0.3 is 11.9 Å². The van der Waals surface area contributed by atoms with Gasteiger partial charge < -0.3 is 20.1 Å². The molecule has 1 aliphatic heterocycles. The van der Waals surface area contributed by atoms with Gasteiger partial charge in [-0.15, -0.1) is 11.3 Å². The number of rotatable bonds is 7. The van der Waals surface area contributed by atoms with Crippen LogP contribution in [0.25, 0.3) is 11.1 Å². The lowest BCUT2D eigenvalue weighted by molar-refractivity contribution is -0.152. The first-order valence-electron chi connectivity index (χ1n) is 12.1. The topological polar surface area (TPSA) is 89.5 Å². The molecular formula is C28H30FN3O4S. The summed E-state index contributed by atoms with van der Waals surface area (Å²) in [6, 6.07) is 14.1. The van der Waals surface area contributed by atoms with E-state index in [0.29, 0.717) is 16.4 Å². The lowest BCUT2D eigenvalue weighted by Crippen LogP contribution is -2.60. The molecule has 2 aliphatic carbocycles. The molecule has 0 saturated heterocycles. The number of hydrogen-bond acceptors (Lipinski definition) is 8. The van der Waals surface area contributed by atoms with Crippen molar-refractivity contribution in [1.82, 2.24) is 10.3 Å². The number of hydrogen-bond donors (Lipinski definition) is 2.